The lowest BCUT2D eigenvalue weighted by atomic mass is 9.96. The van der Waals surface area contributed by atoms with Crippen molar-refractivity contribution in [2.75, 3.05) is 18.0 Å². The lowest BCUT2D eigenvalue weighted by molar-refractivity contribution is -0.152. The average molecular weight is 481 g/mol. The minimum atomic E-state index is -1.31. The van der Waals surface area contributed by atoms with Crippen molar-refractivity contribution in [2.45, 2.75) is 84.3 Å². The number of hydrogen-bond donors (Lipinski definition) is 2. The Labute approximate surface area is 209 Å². The van der Waals surface area contributed by atoms with Crippen LogP contribution in [0.25, 0.3) is 0 Å². The molecule has 1 heterocycles. The highest BCUT2D eigenvalue weighted by molar-refractivity contribution is 5.79. The van der Waals surface area contributed by atoms with Crippen molar-refractivity contribution in [2.24, 2.45) is 0 Å². The summed E-state index contributed by atoms with van der Waals surface area (Å²) in [5.41, 5.74) is 3.25. The van der Waals surface area contributed by atoms with E-state index >= 15 is 0 Å². The quantitative estimate of drug-likeness (QED) is 0.424. The Hall–Kier alpha value is -3.02. The van der Waals surface area contributed by atoms with E-state index in [1.807, 2.05) is 12.1 Å². The Morgan fingerprint density at radius 2 is 1.77 bits per heavy atom. The van der Waals surface area contributed by atoms with Gasteiger partial charge in [-0.15, -0.1) is 0 Å². The summed E-state index contributed by atoms with van der Waals surface area (Å²) in [5, 5.41) is 12.6. The first kappa shape index (κ1) is 26.6. The second-order valence-corrected chi connectivity index (χ2v) is 10.1. The number of benzene rings is 2. The van der Waals surface area contributed by atoms with Gasteiger partial charge in [0.25, 0.3) is 0 Å². The topological polar surface area (TPSA) is 78.9 Å². The summed E-state index contributed by atoms with van der Waals surface area (Å²) in [4.78, 5) is 26.9. The number of nitrogens with one attached hydrogen (secondary N) is 1. The molecular weight excluding hydrogens is 440 g/mol. The Morgan fingerprint density at radius 3 is 2.40 bits per heavy atom. The van der Waals surface area contributed by atoms with Crippen molar-refractivity contribution in [3.05, 3.63) is 59.2 Å². The zero-order valence-corrected chi connectivity index (χ0v) is 21.6. The van der Waals surface area contributed by atoms with Crippen LogP contribution in [0.2, 0.25) is 0 Å². The largest absolute Gasteiger partial charge is 0.478 e. The molecule has 2 N–H and O–H groups in total. The molecule has 1 aliphatic rings. The molecule has 6 nitrogen and oxygen atoms in total. The summed E-state index contributed by atoms with van der Waals surface area (Å²) in [6.45, 7) is 9.46. The van der Waals surface area contributed by atoms with Gasteiger partial charge in [-0.2, -0.15) is 0 Å². The van der Waals surface area contributed by atoms with Gasteiger partial charge in [-0.05, 0) is 81.3 Å². The van der Waals surface area contributed by atoms with Crippen LogP contribution in [0.1, 0.15) is 82.0 Å². The molecule has 1 fully saturated rings. The fraction of sp³-hybridized carbons (Fsp3) is 0.517. The molecule has 190 valence electrons. The monoisotopic (exact) mass is 480 g/mol. The molecule has 1 saturated heterocycles. The summed E-state index contributed by atoms with van der Waals surface area (Å²) < 4.78 is 5.57. The SMILES string of the molecule is CCCCC(NC(=O)Cc1ccc(OC(C)(C)C(=O)O)cc1)c1ccc(C)cc1N1CCCCC1. The molecule has 1 unspecified atom stereocenters. The van der Waals surface area contributed by atoms with Crippen LogP contribution >= 0.6 is 0 Å². The maximum absolute atomic E-state index is 13.1. The maximum atomic E-state index is 13.1. The Balaban J connectivity index is 1.72. The number of ether oxygens (including phenoxy) is 1. The number of hydrogen-bond acceptors (Lipinski definition) is 4. The third kappa shape index (κ3) is 7.48. The van der Waals surface area contributed by atoms with Crippen molar-refractivity contribution >= 4 is 17.6 Å². The van der Waals surface area contributed by atoms with E-state index in [2.05, 4.69) is 42.3 Å². The predicted molar refractivity (Wildman–Crippen MR) is 140 cm³/mol. The summed E-state index contributed by atoms with van der Waals surface area (Å²) >= 11 is 0. The van der Waals surface area contributed by atoms with E-state index in [4.69, 9.17) is 4.74 Å². The third-order valence-corrected chi connectivity index (χ3v) is 6.62. The molecular formula is C29H40N2O4. The maximum Gasteiger partial charge on any atom is 0.347 e. The second kappa shape index (κ2) is 12.1. The fourth-order valence-corrected chi connectivity index (χ4v) is 4.52. The predicted octanol–water partition coefficient (Wildman–Crippen LogP) is 5.82. The molecule has 2 aromatic rings. The molecule has 1 atom stereocenters. The number of carboxylic acid groups (broad SMARTS) is 1. The van der Waals surface area contributed by atoms with E-state index < -0.39 is 11.6 Å². The molecule has 6 heteroatoms. The minimum absolute atomic E-state index is 0.0178. The molecule has 1 aliphatic heterocycles. The van der Waals surface area contributed by atoms with Gasteiger partial charge in [0.05, 0.1) is 12.5 Å². The van der Waals surface area contributed by atoms with Crippen LogP contribution in [0.3, 0.4) is 0 Å². The van der Waals surface area contributed by atoms with Crippen molar-refractivity contribution < 1.29 is 19.4 Å². The van der Waals surface area contributed by atoms with Crippen molar-refractivity contribution in [1.82, 2.24) is 5.32 Å². The van der Waals surface area contributed by atoms with Gasteiger partial charge in [0, 0.05) is 18.8 Å². The molecule has 0 aliphatic carbocycles. The number of aliphatic carboxylic acids is 1. The van der Waals surface area contributed by atoms with Gasteiger partial charge < -0.3 is 20.1 Å². The minimum Gasteiger partial charge on any atom is -0.478 e. The number of carbonyl (C=O) groups is 2. The number of carboxylic acids is 1. The molecule has 1 amide bonds. The molecule has 0 spiro atoms. The molecule has 0 aromatic heterocycles. The highest BCUT2D eigenvalue weighted by atomic mass is 16.5. The van der Waals surface area contributed by atoms with E-state index in [1.54, 1.807) is 12.1 Å². The molecule has 3 rings (SSSR count). The van der Waals surface area contributed by atoms with Crippen molar-refractivity contribution in [3.63, 3.8) is 0 Å². The number of rotatable bonds is 11. The smallest absolute Gasteiger partial charge is 0.347 e. The molecule has 0 bridgehead atoms. The van der Waals surface area contributed by atoms with Crippen LogP contribution in [0, 0.1) is 6.92 Å². The number of carbonyl (C=O) groups excluding carboxylic acids is 1. The summed E-state index contributed by atoms with van der Waals surface area (Å²) in [5.74, 6) is -0.580. The molecule has 35 heavy (non-hydrogen) atoms. The Kier molecular flexibility index (Phi) is 9.19. The van der Waals surface area contributed by atoms with Gasteiger partial charge >= 0.3 is 5.97 Å². The number of piperidine rings is 1. The normalized spacial score (nSPS) is 14.9. The first-order valence-electron chi connectivity index (χ1n) is 12.9. The first-order chi connectivity index (χ1) is 16.7. The van der Waals surface area contributed by atoms with Crippen LogP contribution in [0.15, 0.2) is 42.5 Å². The number of aryl methyl sites for hydroxylation is 1. The van der Waals surface area contributed by atoms with Crippen molar-refractivity contribution in [3.8, 4) is 5.75 Å². The highest BCUT2D eigenvalue weighted by Crippen LogP contribution is 2.32. The van der Waals surface area contributed by atoms with Gasteiger partial charge in [-0.1, -0.05) is 44.0 Å². The van der Waals surface area contributed by atoms with Gasteiger partial charge in [-0.3, -0.25) is 4.79 Å². The summed E-state index contributed by atoms with van der Waals surface area (Å²) in [6, 6.07) is 13.6. The van der Waals surface area contributed by atoms with E-state index in [-0.39, 0.29) is 18.4 Å². The number of anilines is 1. The number of amides is 1. The zero-order valence-electron chi connectivity index (χ0n) is 21.6. The zero-order chi connectivity index (χ0) is 25.4. The van der Waals surface area contributed by atoms with E-state index in [1.165, 1.54) is 49.9 Å². The highest BCUT2D eigenvalue weighted by Gasteiger charge is 2.29. The first-order valence-corrected chi connectivity index (χ1v) is 12.9. The van der Waals surface area contributed by atoms with Crippen LogP contribution in [-0.4, -0.2) is 35.7 Å². The summed E-state index contributed by atoms with van der Waals surface area (Å²) in [7, 11) is 0. The van der Waals surface area contributed by atoms with Crippen LogP contribution in [0.5, 0.6) is 5.75 Å². The van der Waals surface area contributed by atoms with E-state index in [9.17, 15) is 14.7 Å². The lowest BCUT2D eigenvalue weighted by Crippen LogP contribution is -2.37. The van der Waals surface area contributed by atoms with Crippen LogP contribution < -0.4 is 15.0 Å². The van der Waals surface area contributed by atoms with Crippen LogP contribution in [-0.2, 0) is 16.0 Å². The van der Waals surface area contributed by atoms with Gasteiger partial charge in [0.2, 0.25) is 5.91 Å². The van der Waals surface area contributed by atoms with Crippen molar-refractivity contribution in [1.29, 1.82) is 0 Å². The lowest BCUT2D eigenvalue weighted by Gasteiger charge is -2.33. The molecule has 0 saturated carbocycles. The van der Waals surface area contributed by atoms with E-state index in [0.29, 0.717) is 5.75 Å². The number of nitrogens with zero attached hydrogens (tertiary/aromatic N) is 1. The molecule has 2 aromatic carbocycles. The van der Waals surface area contributed by atoms with Gasteiger partial charge in [0.15, 0.2) is 5.60 Å². The average Bonchev–Trinajstić information content (AvgIpc) is 2.83. The Bertz CT molecular complexity index is 994. The molecule has 0 radical (unpaired) electrons. The Morgan fingerprint density at radius 1 is 1.09 bits per heavy atom. The van der Waals surface area contributed by atoms with Crippen LogP contribution in [0.4, 0.5) is 5.69 Å². The number of unbranched alkanes of at least 4 members (excludes halogenated alkanes) is 1. The second-order valence-electron chi connectivity index (χ2n) is 10.1. The van der Waals surface area contributed by atoms with Gasteiger partial charge in [0.1, 0.15) is 5.75 Å². The van der Waals surface area contributed by atoms with Gasteiger partial charge in [-0.25, -0.2) is 4.79 Å². The third-order valence-electron chi connectivity index (χ3n) is 6.62. The summed E-state index contributed by atoms with van der Waals surface area (Å²) in [6.07, 6.45) is 6.99. The fourth-order valence-electron chi connectivity index (χ4n) is 4.52. The van der Waals surface area contributed by atoms with E-state index in [0.717, 1.165) is 37.9 Å². The standard InChI is InChI=1S/C29H40N2O4/c1-5-6-10-25(24-16-11-21(2)19-26(24)31-17-8-7-9-18-31)30-27(32)20-22-12-14-23(15-13-22)35-29(3,4)28(33)34/h11-16,19,25H,5-10,17-18,20H2,1-4H3,(H,30,32)(H,33,34).